The predicted octanol–water partition coefficient (Wildman–Crippen LogP) is 1.85. The number of nitrogens with zero attached hydrogens (tertiary/aromatic N) is 1. The van der Waals surface area contributed by atoms with Crippen molar-refractivity contribution in [2.24, 2.45) is 0 Å². The quantitative estimate of drug-likeness (QED) is 0.464. The second-order valence-corrected chi connectivity index (χ2v) is 5.50. The van der Waals surface area contributed by atoms with Crippen LogP contribution in [0.25, 0.3) is 0 Å². The molecule has 0 fully saturated rings. The lowest BCUT2D eigenvalue weighted by Gasteiger charge is -2.23. The van der Waals surface area contributed by atoms with Crippen molar-refractivity contribution in [3.05, 3.63) is 0 Å². The monoisotopic (exact) mass is 206 g/mol. The van der Waals surface area contributed by atoms with Crippen molar-refractivity contribution in [2.45, 2.75) is 19.4 Å². The molecule has 0 rings (SSSR count). The van der Waals surface area contributed by atoms with E-state index in [4.69, 9.17) is 4.74 Å². The Hall–Kier alpha value is 0.270. The smallest absolute Gasteiger partial charge is 0.0872 e. The van der Waals surface area contributed by atoms with E-state index in [1.54, 1.807) is 7.11 Å². The molecule has 0 aliphatic heterocycles. The molecular formula is C10H24NOS+. The molecule has 1 atom stereocenters. The van der Waals surface area contributed by atoms with Gasteiger partial charge in [0.05, 0.1) is 33.8 Å². The van der Waals surface area contributed by atoms with Gasteiger partial charge < -0.3 is 9.22 Å². The van der Waals surface area contributed by atoms with Crippen molar-refractivity contribution in [3.8, 4) is 0 Å². The fourth-order valence-corrected chi connectivity index (χ4v) is 2.38. The van der Waals surface area contributed by atoms with E-state index in [0.29, 0.717) is 6.10 Å². The highest BCUT2D eigenvalue weighted by atomic mass is 32.2. The number of rotatable bonds is 7. The van der Waals surface area contributed by atoms with E-state index >= 15 is 0 Å². The lowest BCUT2D eigenvalue weighted by Crippen LogP contribution is -2.36. The molecule has 0 bridgehead atoms. The number of hydrogen-bond donors (Lipinski definition) is 0. The van der Waals surface area contributed by atoms with Crippen LogP contribution in [-0.2, 0) is 4.74 Å². The largest absolute Gasteiger partial charge is 0.381 e. The highest BCUT2D eigenvalue weighted by Crippen LogP contribution is 2.08. The SMILES string of the molecule is CCC(CSCC[N+](C)(C)C)OC. The van der Waals surface area contributed by atoms with Crippen LogP contribution >= 0.6 is 11.8 Å². The van der Waals surface area contributed by atoms with Gasteiger partial charge >= 0.3 is 0 Å². The van der Waals surface area contributed by atoms with Crippen LogP contribution in [0.15, 0.2) is 0 Å². The first-order valence-electron chi connectivity index (χ1n) is 4.90. The van der Waals surface area contributed by atoms with Crippen LogP contribution in [0.1, 0.15) is 13.3 Å². The van der Waals surface area contributed by atoms with Gasteiger partial charge in [0.2, 0.25) is 0 Å². The number of quaternary nitrogens is 1. The van der Waals surface area contributed by atoms with E-state index in [0.717, 1.165) is 16.7 Å². The molecule has 0 heterocycles. The molecule has 0 aliphatic rings. The van der Waals surface area contributed by atoms with Crippen molar-refractivity contribution < 1.29 is 9.22 Å². The molecule has 0 aromatic heterocycles. The van der Waals surface area contributed by atoms with Gasteiger partial charge in [-0.3, -0.25) is 0 Å². The number of methoxy groups -OCH3 is 1. The maximum atomic E-state index is 5.31. The fourth-order valence-electron chi connectivity index (χ4n) is 0.906. The van der Waals surface area contributed by atoms with Crippen LogP contribution in [0.5, 0.6) is 0 Å². The minimum atomic E-state index is 0.442. The summed E-state index contributed by atoms with van der Waals surface area (Å²) in [6.45, 7) is 3.40. The van der Waals surface area contributed by atoms with Crippen molar-refractivity contribution >= 4 is 11.8 Å². The summed E-state index contributed by atoms with van der Waals surface area (Å²) in [6.07, 6.45) is 1.56. The average Bonchev–Trinajstić information content (AvgIpc) is 2.03. The molecular weight excluding hydrogens is 182 g/mol. The Morgan fingerprint density at radius 1 is 1.31 bits per heavy atom. The maximum absolute atomic E-state index is 5.31. The van der Waals surface area contributed by atoms with E-state index in [9.17, 15) is 0 Å². The molecule has 1 unspecified atom stereocenters. The third-order valence-electron chi connectivity index (χ3n) is 2.00. The van der Waals surface area contributed by atoms with E-state index in [1.807, 2.05) is 11.8 Å². The third-order valence-corrected chi connectivity index (χ3v) is 3.08. The first kappa shape index (κ1) is 13.3. The van der Waals surface area contributed by atoms with E-state index in [-0.39, 0.29) is 0 Å². The first-order valence-corrected chi connectivity index (χ1v) is 6.06. The normalized spacial score (nSPS) is 14.5. The zero-order chi connectivity index (χ0) is 10.3. The van der Waals surface area contributed by atoms with Crippen molar-refractivity contribution in [2.75, 3.05) is 46.3 Å². The Bertz CT molecular complexity index is 119. The predicted molar refractivity (Wildman–Crippen MR) is 61.3 cm³/mol. The van der Waals surface area contributed by atoms with Crippen molar-refractivity contribution in [1.29, 1.82) is 0 Å². The molecule has 0 aliphatic carbocycles. The molecule has 0 aromatic rings. The molecule has 0 radical (unpaired) electrons. The Labute approximate surface area is 87.2 Å². The summed E-state index contributed by atoms with van der Waals surface area (Å²) < 4.78 is 6.36. The molecule has 0 N–H and O–H groups in total. The third kappa shape index (κ3) is 8.60. The van der Waals surface area contributed by atoms with Gasteiger partial charge in [-0.2, -0.15) is 11.8 Å². The van der Waals surface area contributed by atoms with Gasteiger partial charge in [-0.1, -0.05) is 6.92 Å². The topological polar surface area (TPSA) is 9.23 Å². The summed E-state index contributed by atoms with van der Waals surface area (Å²) in [5, 5.41) is 0. The summed E-state index contributed by atoms with van der Waals surface area (Å²) in [4.78, 5) is 0. The zero-order valence-electron chi connectivity index (χ0n) is 9.67. The lowest BCUT2D eigenvalue weighted by atomic mass is 10.3. The standard InChI is InChI=1S/C10H24NOS/c1-6-10(12-5)9-13-8-7-11(2,3)4/h10H,6-9H2,1-5H3/q+1. The molecule has 0 amide bonds. The van der Waals surface area contributed by atoms with Crippen molar-refractivity contribution in [1.82, 2.24) is 0 Å². The molecule has 0 saturated heterocycles. The molecule has 80 valence electrons. The van der Waals surface area contributed by atoms with Gasteiger partial charge in [-0.05, 0) is 6.42 Å². The van der Waals surface area contributed by atoms with Gasteiger partial charge in [0, 0.05) is 18.6 Å². The Balaban J connectivity index is 3.34. The summed E-state index contributed by atoms with van der Waals surface area (Å²) in [5.74, 6) is 2.36. The highest BCUT2D eigenvalue weighted by molar-refractivity contribution is 7.99. The van der Waals surface area contributed by atoms with Crippen LogP contribution in [0.3, 0.4) is 0 Å². The molecule has 3 heteroatoms. The lowest BCUT2D eigenvalue weighted by molar-refractivity contribution is -0.867. The molecule has 0 aromatic carbocycles. The number of ether oxygens (including phenoxy) is 1. The molecule has 2 nitrogen and oxygen atoms in total. The van der Waals surface area contributed by atoms with Gasteiger partial charge in [0.25, 0.3) is 0 Å². The highest BCUT2D eigenvalue weighted by Gasteiger charge is 2.08. The second kappa shape index (κ2) is 6.68. The number of hydrogen-bond acceptors (Lipinski definition) is 2. The van der Waals surface area contributed by atoms with Gasteiger partial charge in [-0.25, -0.2) is 0 Å². The fraction of sp³-hybridized carbons (Fsp3) is 1.00. The van der Waals surface area contributed by atoms with Gasteiger partial charge in [-0.15, -0.1) is 0 Å². The maximum Gasteiger partial charge on any atom is 0.0872 e. The Morgan fingerprint density at radius 2 is 1.92 bits per heavy atom. The van der Waals surface area contributed by atoms with E-state index < -0.39 is 0 Å². The van der Waals surface area contributed by atoms with Gasteiger partial charge in [0.15, 0.2) is 0 Å². The van der Waals surface area contributed by atoms with Gasteiger partial charge in [0.1, 0.15) is 0 Å². The van der Waals surface area contributed by atoms with Crippen LogP contribution in [0.2, 0.25) is 0 Å². The minimum absolute atomic E-state index is 0.442. The average molecular weight is 206 g/mol. The first-order chi connectivity index (χ1) is 5.99. The Morgan fingerprint density at radius 3 is 2.31 bits per heavy atom. The number of thioether (sulfide) groups is 1. The molecule has 13 heavy (non-hydrogen) atoms. The molecule has 0 spiro atoms. The van der Waals surface area contributed by atoms with Crippen molar-refractivity contribution in [3.63, 3.8) is 0 Å². The van der Waals surface area contributed by atoms with Crippen LogP contribution in [0.4, 0.5) is 0 Å². The minimum Gasteiger partial charge on any atom is -0.381 e. The Kier molecular flexibility index (Phi) is 6.82. The summed E-state index contributed by atoms with van der Waals surface area (Å²) in [6, 6.07) is 0. The second-order valence-electron chi connectivity index (χ2n) is 4.35. The zero-order valence-corrected chi connectivity index (χ0v) is 10.5. The summed E-state index contributed by atoms with van der Waals surface area (Å²) in [5.41, 5.74) is 0. The molecule has 0 saturated carbocycles. The van der Waals surface area contributed by atoms with Crippen LogP contribution in [0, 0.1) is 0 Å². The van der Waals surface area contributed by atoms with Crippen LogP contribution < -0.4 is 0 Å². The van der Waals surface area contributed by atoms with E-state index in [1.165, 1.54) is 12.3 Å². The van der Waals surface area contributed by atoms with Crippen LogP contribution in [-0.4, -0.2) is 56.9 Å². The summed E-state index contributed by atoms with van der Waals surface area (Å²) >= 11 is 2.00. The summed E-state index contributed by atoms with van der Waals surface area (Å²) in [7, 11) is 8.49. The van der Waals surface area contributed by atoms with E-state index in [2.05, 4.69) is 28.1 Å².